The number of hydrogen-bond acceptors (Lipinski definition) is 7. The van der Waals surface area contributed by atoms with Gasteiger partial charge in [-0.3, -0.25) is 18.9 Å². The monoisotopic (exact) mass is 576 g/mol. The van der Waals surface area contributed by atoms with Crippen molar-refractivity contribution in [2.24, 2.45) is 7.05 Å². The van der Waals surface area contributed by atoms with Gasteiger partial charge >= 0.3 is 0 Å². The lowest BCUT2D eigenvalue weighted by Crippen LogP contribution is -2.35. The molecule has 5 rings (SSSR count). The summed E-state index contributed by atoms with van der Waals surface area (Å²) in [6.45, 7) is 5.79. The number of aryl methyl sites for hydroxylation is 1. The first kappa shape index (κ1) is 28.0. The standard InChI is InChI=1S/C30H33ClN6O2S/c1-18-16-22(19(2)32-24-10-11-25(31)33-27(24)29(38)35-40-4)26-23(17-18)30(39)36(3)28(34-26)20-12-14-37(15-13-20)21-8-6-5-7-9-21/h5-11,16-17,19-20,32H,12-15H2,1-4H3,(H,35,38). The minimum atomic E-state index is -0.338. The van der Waals surface area contributed by atoms with Crippen LogP contribution >= 0.6 is 23.5 Å². The van der Waals surface area contributed by atoms with Gasteiger partial charge in [0.2, 0.25) is 0 Å². The molecule has 0 bridgehead atoms. The number of rotatable bonds is 7. The summed E-state index contributed by atoms with van der Waals surface area (Å²) < 4.78 is 4.43. The number of fused-ring (bicyclic) bond motifs is 1. The molecule has 1 atom stereocenters. The van der Waals surface area contributed by atoms with Crippen molar-refractivity contribution in [1.29, 1.82) is 0 Å². The molecule has 2 N–H and O–H groups in total. The van der Waals surface area contributed by atoms with Gasteiger partial charge in [-0.2, -0.15) is 0 Å². The van der Waals surface area contributed by atoms with Crippen LogP contribution in [0.1, 0.15) is 59.2 Å². The highest BCUT2D eigenvalue weighted by atomic mass is 35.5. The molecule has 1 fully saturated rings. The maximum Gasteiger partial charge on any atom is 0.281 e. The summed E-state index contributed by atoms with van der Waals surface area (Å²) in [6, 6.07) is 17.5. The molecule has 8 nitrogen and oxygen atoms in total. The Morgan fingerprint density at radius 3 is 2.52 bits per heavy atom. The minimum absolute atomic E-state index is 0.0455. The van der Waals surface area contributed by atoms with E-state index in [1.54, 1.807) is 23.0 Å². The van der Waals surface area contributed by atoms with Crippen molar-refractivity contribution in [3.8, 4) is 0 Å². The summed E-state index contributed by atoms with van der Waals surface area (Å²) in [5.74, 6) is 0.660. The van der Waals surface area contributed by atoms with E-state index in [1.807, 2.05) is 33.0 Å². The third-order valence-electron chi connectivity index (χ3n) is 7.48. The number of hydrogen-bond donors (Lipinski definition) is 2. The number of benzene rings is 2. The van der Waals surface area contributed by atoms with Crippen molar-refractivity contribution in [2.75, 3.05) is 29.6 Å². The van der Waals surface area contributed by atoms with Crippen molar-refractivity contribution >= 4 is 51.7 Å². The highest BCUT2D eigenvalue weighted by Crippen LogP contribution is 2.32. The molecular formula is C30H33ClN6O2S. The van der Waals surface area contributed by atoms with E-state index in [0.29, 0.717) is 16.6 Å². The Balaban J connectivity index is 1.49. The second-order valence-electron chi connectivity index (χ2n) is 10.2. The molecule has 10 heteroatoms. The first-order valence-electron chi connectivity index (χ1n) is 13.3. The normalized spacial score (nSPS) is 14.8. The molecule has 1 saturated heterocycles. The average molecular weight is 577 g/mol. The smallest absolute Gasteiger partial charge is 0.281 e. The molecule has 0 saturated carbocycles. The molecule has 0 spiro atoms. The van der Waals surface area contributed by atoms with E-state index in [9.17, 15) is 9.59 Å². The van der Waals surface area contributed by atoms with Crippen LogP contribution in [0, 0.1) is 6.92 Å². The Morgan fingerprint density at radius 2 is 1.82 bits per heavy atom. The highest BCUT2D eigenvalue weighted by molar-refractivity contribution is 7.97. The summed E-state index contributed by atoms with van der Waals surface area (Å²) in [6.07, 6.45) is 3.60. The number of halogens is 1. The maximum absolute atomic E-state index is 13.6. The van der Waals surface area contributed by atoms with Gasteiger partial charge in [0.15, 0.2) is 5.69 Å². The van der Waals surface area contributed by atoms with Crippen LogP contribution in [0.3, 0.4) is 0 Å². The maximum atomic E-state index is 13.6. The lowest BCUT2D eigenvalue weighted by atomic mass is 9.94. The fourth-order valence-electron chi connectivity index (χ4n) is 5.48. The molecule has 2 aromatic heterocycles. The van der Waals surface area contributed by atoms with Crippen molar-refractivity contribution in [3.63, 3.8) is 0 Å². The van der Waals surface area contributed by atoms with E-state index in [-0.39, 0.29) is 34.3 Å². The van der Waals surface area contributed by atoms with Gasteiger partial charge in [0.1, 0.15) is 11.0 Å². The fraction of sp³-hybridized carbons (Fsp3) is 0.333. The first-order chi connectivity index (χ1) is 19.3. The molecule has 1 unspecified atom stereocenters. The molecular weight excluding hydrogens is 544 g/mol. The molecule has 2 aromatic carbocycles. The van der Waals surface area contributed by atoms with Crippen LogP contribution in [0.4, 0.5) is 11.4 Å². The fourth-order valence-corrected chi connectivity index (χ4v) is 5.91. The Hall–Kier alpha value is -3.56. The van der Waals surface area contributed by atoms with Crippen molar-refractivity contribution in [3.05, 3.63) is 92.7 Å². The van der Waals surface area contributed by atoms with E-state index in [0.717, 1.165) is 42.9 Å². The zero-order chi connectivity index (χ0) is 28.4. The van der Waals surface area contributed by atoms with Crippen LogP contribution in [-0.4, -0.2) is 39.8 Å². The number of aromatic nitrogens is 3. The largest absolute Gasteiger partial charge is 0.377 e. The molecule has 0 aliphatic carbocycles. The van der Waals surface area contributed by atoms with Gasteiger partial charge in [0.25, 0.3) is 11.5 Å². The molecule has 40 heavy (non-hydrogen) atoms. The van der Waals surface area contributed by atoms with Crippen LogP contribution in [0.25, 0.3) is 10.9 Å². The summed E-state index contributed by atoms with van der Waals surface area (Å²) >= 11 is 7.30. The zero-order valence-corrected chi connectivity index (χ0v) is 24.6. The van der Waals surface area contributed by atoms with Crippen LogP contribution < -0.4 is 20.5 Å². The minimum Gasteiger partial charge on any atom is -0.377 e. The van der Waals surface area contributed by atoms with Gasteiger partial charge in [0.05, 0.1) is 22.6 Å². The van der Waals surface area contributed by atoms with Gasteiger partial charge < -0.3 is 10.2 Å². The van der Waals surface area contributed by atoms with Crippen LogP contribution in [-0.2, 0) is 7.05 Å². The summed E-state index contributed by atoms with van der Waals surface area (Å²) in [7, 11) is 1.83. The van der Waals surface area contributed by atoms with E-state index < -0.39 is 0 Å². The third-order valence-corrected chi connectivity index (χ3v) is 8.08. The van der Waals surface area contributed by atoms with E-state index in [1.165, 1.54) is 17.6 Å². The van der Waals surface area contributed by atoms with Crippen LogP contribution in [0.2, 0.25) is 5.15 Å². The zero-order valence-electron chi connectivity index (χ0n) is 23.1. The lowest BCUT2D eigenvalue weighted by molar-refractivity contribution is 0.0980. The number of amides is 1. The highest BCUT2D eigenvalue weighted by Gasteiger charge is 2.26. The summed E-state index contributed by atoms with van der Waals surface area (Å²) in [4.78, 5) is 38.1. The van der Waals surface area contributed by atoms with Crippen LogP contribution in [0.15, 0.2) is 59.4 Å². The predicted octanol–water partition coefficient (Wildman–Crippen LogP) is 5.86. The second kappa shape index (κ2) is 11.9. The lowest BCUT2D eigenvalue weighted by Gasteiger charge is -2.34. The second-order valence-corrected chi connectivity index (χ2v) is 11.2. The summed E-state index contributed by atoms with van der Waals surface area (Å²) in [5, 5.41) is 4.25. The van der Waals surface area contributed by atoms with E-state index >= 15 is 0 Å². The number of pyridine rings is 1. The Bertz CT molecular complexity index is 1600. The average Bonchev–Trinajstić information content (AvgIpc) is 2.96. The topological polar surface area (TPSA) is 92.2 Å². The van der Waals surface area contributed by atoms with Crippen LogP contribution in [0.5, 0.6) is 0 Å². The summed E-state index contributed by atoms with van der Waals surface area (Å²) in [5.41, 5.74) is 4.48. The number of piperidine rings is 1. The first-order valence-corrected chi connectivity index (χ1v) is 14.9. The molecule has 1 aliphatic heterocycles. The number of carbonyl (C=O) groups is 1. The molecule has 4 aromatic rings. The molecule has 3 heterocycles. The van der Waals surface area contributed by atoms with Gasteiger partial charge in [0, 0.05) is 43.6 Å². The third kappa shape index (κ3) is 5.67. The van der Waals surface area contributed by atoms with Crippen molar-refractivity contribution in [1.82, 2.24) is 19.3 Å². The molecule has 208 valence electrons. The van der Waals surface area contributed by atoms with Crippen molar-refractivity contribution < 1.29 is 4.79 Å². The number of anilines is 2. The Kier molecular flexibility index (Phi) is 8.32. The Labute approximate surface area is 243 Å². The number of para-hydroxylation sites is 1. The van der Waals surface area contributed by atoms with Gasteiger partial charge in [-0.25, -0.2) is 9.97 Å². The van der Waals surface area contributed by atoms with Gasteiger partial charge in [-0.1, -0.05) is 47.8 Å². The Morgan fingerprint density at radius 1 is 1.10 bits per heavy atom. The quantitative estimate of drug-likeness (QED) is 0.210. The van der Waals surface area contributed by atoms with Crippen molar-refractivity contribution in [2.45, 2.75) is 38.6 Å². The number of carbonyl (C=O) groups excluding carboxylic acids is 1. The molecule has 0 radical (unpaired) electrons. The number of nitrogens with one attached hydrogen (secondary N) is 2. The molecule has 1 amide bonds. The van der Waals surface area contributed by atoms with E-state index in [2.05, 4.69) is 50.3 Å². The SMILES string of the molecule is CSNC(=O)c1nc(Cl)ccc1NC(C)c1cc(C)cc2c(=O)n(C)c(C3CCN(c4ccccc4)CC3)nc12. The van der Waals surface area contributed by atoms with Gasteiger partial charge in [-0.15, -0.1) is 0 Å². The molecule has 1 aliphatic rings. The van der Waals surface area contributed by atoms with Gasteiger partial charge in [-0.05, 0) is 62.6 Å². The predicted molar refractivity (Wildman–Crippen MR) is 165 cm³/mol. The number of nitrogens with zero attached hydrogens (tertiary/aromatic N) is 4. The van der Waals surface area contributed by atoms with E-state index in [4.69, 9.17) is 16.6 Å².